The molecule has 0 spiro atoms. The number of benzene rings is 2. The van der Waals surface area contributed by atoms with Crippen LogP contribution >= 0.6 is 0 Å². The summed E-state index contributed by atoms with van der Waals surface area (Å²) in [6.45, 7) is 5.98. The second kappa shape index (κ2) is 10.6. The highest BCUT2D eigenvalue weighted by atomic mass is 32.2. The van der Waals surface area contributed by atoms with E-state index < -0.39 is 10.0 Å². The molecular weight excluding hydrogens is 447 g/mol. The number of hydrogen-bond acceptors (Lipinski definition) is 5. The van der Waals surface area contributed by atoms with Crippen LogP contribution in [-0.2, 0) is 14.8 Å². The summed E-state index contributed by atoms with van der Waals surface area (Å²) in [6, 6.07) is 11.7. The fourth-order valence-electron chi connectivity index (χ4n) is 3.35. The first-order chi connectivity index (χ1) is 15.7. The molecule has 0 saturated heterocycles. The van der Waals surface area contributed by atoms with E-state index in [0.29, 0.717) is 18.0 Å². The molecule has 1 amide bonds. The number of ether oxygens (including phenoxy) is 1. The molecule has 2 aromatic carbocycles. The molecule has 10 heteroatoms. The van der Waals surface area contributed by atoms with E-state index in [9.17, 15) is 17.6 Å². The number of rotatable bonds is 10. The maximum Gasteiger partial charge on any atom is 0.240 e. The molecule has 1 atom stereocenters. The van der Waals surface area contributed by atoms with Crippen LogP contribution in [0.2, 0.25) is 0 Å². The van der Waals surface area contributed by atoms with Crippen molar-refractivity contribution >= 4 is 15.9 Å². The Morgan fingerprint density at radius 1 is 1.15 bits per heavy atom. The van der Waals surface area contributed by atoms with Gasteiger partial charge in [0.25, 0.3) is 0 Å². The monoisotopic (exact) mass is 474 g/mol. The molecule has 0 bridgehead atoms. The molecule has 0 aliphatic heterocycles. The van der Waals surface area contributed by atoms with Crippen molar-refractivity contribution in [2.24, 2.45) is 0 Å². The third kappa shape index (κ3) is 6.17. The molecule has 2 N–H and O–H groups in total. The van der Waals surface area contributed by atoms with Crippen molar-refractivity contribution in [3.63, 3.8) is 0 Å². The highest BCUT2D eigenvalue weighted by Gasteiger charge is 2.18. The van der Waals surface area contributed by atoms with Crippen LogP contribution in [0.4, 0.5) is 4.39 Å². The minimum absolute atomic E-state index is 0.0221. The molecule has 176 valence electrons. The Hall–Kier alpha value is -3.24. The van der Waals surface area contributed by atoms with Crippen molar-refractivity contribution in [1.82, 2.24) is 19.8 Å². The third-order valence-corrected chi connectivity index (χ3v) is 6.53. The van der Waals surface area contributed by atoms with E-state index in [1.807, 2.05) is 20.8 Å². The minimum Gasteiger partial charge on any atom is -0.494 e. The van der Waals surface area contributed by atoms with Crippen molar-refractivity contribution < 1.29 is 22.3 Å². The zero-order chi connectivity index (χ0) is 24.0. The van der Waals surface area contributed by atoms with Crippen LogP contribution in [0.3, 0.4) is 0 Å². The third-order valence-electron chi connectivity index (χ3n) is 5.05. The number of amides is 1. The van der Waals surface area contributed by atoms with Gasteiger partial charge in [0.05, 0.1) is 29.4 Å². The molecule has 0 saturated carbocycles. The maximum absolute atomic E-state index is 13.2. The van der Waals surface area contributed by atoms with Crippen molar-refractivity contribution in [2.45, 2.75) is 38.1 Å². The molecule has 1 unspecified atom stereocenters. The second-order valence-electron chi connectivity index (χ2n) is 7.41. The molecule has 0 fully saturated rings. The van der Waals surface area contributed by atoms with Gasteiger partial charge < -0.3 is 10.1 Å². The molecule has 33 heavy (non-hydrogen) atoms. The van der Waals surface area contributed by atoms with Gasteiger partial charge in [-0.05, 0) is 69.3 Å². The fourth-order valence-corrected chi connectivity index (χ4v) is 4.38. The molecule has 3 aromatic rings. The van der Waals surface area contributed by atoms with Gasteiger partial charge in [0, 0.05) is 24.2 Å². The second-order valence-corrected chi connectivity index (χ2v) is 9.18. The van der Waals surface area contributed by atoms with Crippen molar-refractivity contribution in [1.29, 1.82) is 0 Å². The van der Waals surface area contributed by atoms with E-state index >= 15 is 0 Å². The van der Waals surface area contributed by atoms with Crippen molar-refractivity contribution in [3.05, 3.63) is 71.8 Å². The summed E-state index contributed by atoms with van der Waals surface area (Å²) in [5, 5.41) is 7.19. The zero-order valence-corrected chi connectivity index (χ0v) is 19.5. The Morgan fingerprint density at radius 3 is 2.45 bits per heavy atom. The summed E-state index contributed by atoms with van der Waals surface area (Å²) in [4.78, 5) is 12.5. The molecule has 1 aromatic heterocycles. The lowest BCUT2D eigenvalue weighted by molar-refractivity contribution is -0.121. The average Bonchev–Trinajstić information content (AvgIpc) is 3.16. The number of carbonyl (C=O) groups is 1. The Morgan fingerprint density at radius 2 is 1.82 bits per heavy atom. The van der Waals surface area contributed by atoms with Gasteiger partial charge in [-0.15, -0.1) is 0 Å². The van der Waals surface area contributed by atoms with Gasteiger partial charge in [-0.3, -0.25) is 4.79 Å². The van der Waals surface area contributed by atoms with Gasteiger partial charge in [0.15, 0.2) is 0 Å². The summed E-state index contributed by atoms with van der Waals surface area (Å²) in [7, 11) is -3.73. The number of aromatic nitrogens is 2. The molecule has 0 aliphatic rings. The highest BCUT2D eigenvalue weighted by molar-refractivity contribution is 7.89. The number of carbonyl (C=O) groups excluding carboxylic acids is 1. The van der Waals surface area contributed by atoms with Crippen LogP contribution in [0.5, 0.6) is 5.75 Å². The summed E-state index contributed by atoms with van der Waals surface area (Å²) in [5.41, 5.74) is 2.33. The van der Waals surface area contributed by atoms with Crippen LogP contribution in [0.1, 0.15) is 37.6 Å². The van der Waals surface area contributed by atoms with E-state index in [1.165, 1.54) is 24.3 Å². The Bertz CT molecular complexity index is 1190. The Kier molecular flexibility index (Phi) is 7.83. The summed E-state index contributed by atoms with van der Waals surface area (Å²) in [6.07, 6.45) is 1.63. The fraction of sp³-hybridized carbons (Fsp3) is 0.304. The first kappa shape index (κ1) is 24.4. The number of sulfonamides is 1. The largest absolute Gasteiger partial charge is 0.494 e. The summed E-state index contributed by atoms with van der Waals surface area (Å²) < 4.78 is 47.4. The molecular formula is C23H27FN4O4S. The van der Waals surface area contributed by atoms with E-state index in [0.717, 1.165) is 11.3 Å². The van der Waals surface area contributed by atoms with E-state index in [1.54, 1.807) is 35.1 Å². The van der Waals surface area contributed by atoms with Crippen molar-refractivity contribution in [3.8, 4) is 11.4 Å². The molecule has 0 aliphatic carbocycles. The molecule has 3 rings (SSSR count). The van der Waals surface area contributed by atoms with Gasteiger partial charge in [-0.1, -0.05) is 0 Å². The Labute approximate surface area is 192 Å². The van der Waals surface area contributed by atoms with Gasteiger partial charge >= 0.3 is 0 Å². The van der Waals surface area contributed by atoms with Gasteiger partial charge in [0.1, 0.15) is 11.6 Å². The average molecular weight is 475 g/mol. The number of nitrogens with one attached hydrogen (secondary N) is 2. The first-order valence-electron chi connectivity index (χ1n) is 10.5. The number of halogens is 1. The van der Waals surface area contributed by atoms with E-state index in [4.69, 9.17) is 4.74 Å². The lowest BCUT2D eigenvalue weighted by atomic mass is 10.1. The van der Waals surface area contributed by atoms with E-state index in [2.05, 4.69) is 15.1 Å². The SMILES string of the molecule is CCOc1ccc(S(=O)(=O)NCCC(=O)NC(C)c2cnn(-c3ccc(F)cc3)c2C)cc1. The first-order valence-corrected chi connectivity index (χ1v) is 12.0. The van der Waals surface area contributed by atoms with Gasteiger partial charge in [-0.25, -0.2) is 22.2 Å². The maximum atomic E-state index is 13.2. The van der Waals surface area contributed by atoms with Crippen LogP contribution < -0.4 is 14.8 Å². The van der Waals surface area contributed by atoms with Gasteiger partial charge in [0.2, 0.25) is 15.9 Å². The molecule has 0 radical (unpaired) electrons. The quantitative estimate of drug-likeness (QED) is 0.470. The van der Waals surface area contributed by atoms with Crippen LogP contribution in [0.15, 0.2) is 59.6 Å². The van der Waals surface area contributed by atoms with E-state index in [-0.39, 0.29) is 35.6 Å². The normalized spacial score (nSPS) is 12.4. The van der Waals surface area contributed by atoms with Crippen LogP contribution in [0.25, 0.3) is 5.69 Å². The summed E-state index contributed by atoms with van der Waals surface area (Å²) >= 11 is 0. The lowest BCUT2D eigenvalue weighted by Crippen LogP contribution is -2.32. The predicted octanol–water partition coefficient (Wildman–Crippen LogP) is 3.26. The summed E-state index contributed by atoms with van der Waals surface area (Å²) in [5.74, 6) is -0.0451. The number of hydrogen-bond donors (Lipinski definition) is 2. The Balaban J connectivity index is 1.54. The minimum atomic E-state index is -3.73. The number of nitrogens with zero attached hydrogens (tertiary/aromatic N) is 2. The lowest BCUT2D eigenvalue weighted by Gasteiger charge is -2.14. The standard InChI is InChI=1S/C23H27FN4O4S/c1-4-32-20-9-11-21(12-10-20)33(30,31)26-14-13-23(29)27-16(2)22-15-25-28(17(22)3)19-7-5-18(24)6-8-19/h5-12,15-16,26H,4,13-14H2,1-3H3,(H,27,29). The zero-order valence-electron chi connectivity index (χ0n) is 18.7. The van der Waals surface area contributed by atoms with Crippen molar-refractivity contribution in [2.75, 3.05) is 13.2 Å². The smallest absolute Gasteiger partial charge is 0.240 e. The van der Waals surface area contributed by atoms with Crippen LogP contribution in [0, 0.1) is 12.7 Å². The van der Waals surface area contributed by atoms with Crippen LogP contribution in [-0.4, -0.2) is 37.3 Å². The molecule has 1 heterocycles. The highest BCUT2D eigenvalue weighted by Crippen LogP contribution is 2.20. The molecule has 8 nitrogen and oxygen atoms in total. The topological polar surface area (TPSA) is 102 Å². The van der Waals surface area contributed by atoms with Gasteiger partial charge in [-0.2, -0.15) is 5.10 Å². The predicted molar refractivity (Wildman–Crippen MR) is 122 cm³/mol.